The SMILES string of the molecule is O=C([O-])CC(O)(CC(=O)[O-])C(=O)[O-].[Na+].[Sn+4]. The maximum Gasteiger partial charge on any atom is 4.00 e. The Morgan fingerprint density at radius 1 is 1.00 bits per heavy atom. The molecule has 74 valence electrons. The molecule has 0 fully saturated rings. The minimum atomic E-state index is -2.97. The minimum absolute atomic E-state index is 0. The number of aliphatic carboxylic acids is 3. The zero-order valence-electron chi connectivity index (χ0n) is 7.81. The van der Waals surface area contributed by atoms with Gasteiger partial charge in [-0.25, -0.2) is 0 Å². The second-order valence-corrected chi connectivity index (χ2v) is 2.42. The van der Waals surface area contributed by atoms with Crippen LogP contribution in [0.1, 0.15) is 12.8 Å². The molecule has 0 aliphatic rings. The second kappa shape index (κ2) is 8.34. The van der Waals surface area contributed by atoms with Gasteiger partial charge in [-0.3, -0.25) is 0 Å². The molecule has 0 spiro atoms. The van der Waals surface area contributed by atoms with Crippen LogP contribution in [0.2, 0.25) is 0 Å². The molecule has 7 nitrogen and oxygen atoms in total. The maximum absolute atomic E-state index is 10.1. The number of hydrogen-bond acceptors (Lipinski definition) is 7. The van der Waals surface area contributed by atoms with Crippen molar-refractivity contribution in [2.75, 3.05) is 0 Å². The molecule has 0 saturated carbocycles. The number of rotatable bonds is 5. The molecule has 0 radical (unpaired) electrons. The van der Waals surface area contributed by atoms with Crippen LogP contribution in [0.3, 0.4) is 0 Å². The van der Waals surface area contributed by atoms with Gasteiger partial charge in [-0.2, -0.15) is 0 Å². The summed E-state index contributed by atoms with van der Waals surface area (Å²) in [7, 11) is 0. The maximum atomic E-state index is 10.1. The van der Waals surface area contributed by atoms with E-state index in [-0.39, 0.29) is 53.5 Å². The molecule has 0 aromatic carbocycles. The van der Waals surface area contributed by atoms with Crippen molar-refractivity contribution in [1.29, 1.82) is 0 Å². The monoisotopic (exact) mass is 332 g/mol. The van der Waals surface area contributed by atoms with Crippen LogP contribution >= 0.6 is 0 Å². The van der Waals surface area contributed by atoms with Gasteiger partial charge >= 0.3 is 53.5 Å². The van der Waals surface area contributed by atoms with Crippen molar-refractivity contribution in [1.82, 2.24) is 0 Å². The van der Waals surface area contributed by atoms with E-state index in [4.69, 9.17) is 5.11 Å². The van der Waals surface area contributed by atoms with Crippen molar-refractivity contribution < 1.29 is 64.4 Å². The van der Waals surface area contributed by atoms with Crippen LogP contribution in [0.4, 0.5) is 0 Å². The van der Waals surface area contributed by atoms with Crippen LogP contribution in [0.5, 0.6) is 0 Å². The van der Waals surface area contributed by atoms with Crippen LogP contribution in [-0.4, -0.2) is 52.5 Å². The summed E-state index contributed by atoms with van der Waals surface area (Å²) in [5.41, 5.74) is -2.97. The van der Waals surface area contributed by atoms with Crippen molar-refractivity contribution in [3.8, 4) is 0 Å². The zero-order valence-corrected chi connectivity index (χ0v) is 12.7. The van der Waals surface area contributed by atoms with E-state index < -0.39 is 36.4 Å². The van der Waals surface area contributed by atoms with Gasteiger partial charge in [-0.05, 0) is 0 Å². The molecule has 9 heteroatoms. The smallest absolute Gasteiger partial charge is 0.550 e. The summed E-state index contributed by atoms with van der Waals surface area (Å²) in [5.74, 6) is -5.98. The molecule has 0 unspecified atom stereocenters. The third-order valence-electron chi connectivity index (χ3n) is 1.25. The van der Waals surface area contributed by atoms with Gasteiger partial charge in [-0.15, -0.1) is 0 Å². The molecular formula is C6H5NaO7Sn+2. The van der Waals surface area contributed by atoms with E-state index in [0.29, 0.717) is 0 Å². The van der Waals surface area contributed by atoms with E-state index in [1.807, 2.05) is 0 Å². The topological polar surface area (TPSA) is 141 Å². The molecule has 0 aliphatic heterocycles. The number of carbonyl (C=O) groups excluding carboxylic acids is 3. The first-order valence-corrected chi connectivity index (χ1v) is 3.11. The van der Waals surface area contributed by atoms with Gasteiger partial charge < -0.3 is 34.8 Å². The van der Waals surface area contributed by atoms with Crippen LogP contribution < -0.4 is 44.9 Å². The zero-order chi connectivity index (χ0) is 10.6. The van der Waals surface area contributed by atoms with E-state index in [1.54, 1.807) is 0 Å². The average Bonchev–Trinajstić information content (AvgIpc) is 1.82. The van der Waals surface area contributed by atoms with Crippen LogP contribution in [0.25, 0.3) is 0 Å². The molecule has 0 aromatic heterocycles. The van der Waals surface area contributed by atoms with Gasteiger partial charge in [0.25, 0.3) is 0 Å². The fourth-order valence-corrected chi connectivity index (χ4v) is 0.684. The predicted molar refractivity (Wildman–Crippen MR) is 35.0 cm³/mol. The Hall–Kier alpha value is 0.169. The summed E-state index contributed by atoms with van der Waals surface area (Å²) in [5, 5.41) is 38.9. The first kappa shape index (κ1) is 20.6. The summed E-state index contributed by atoms with van der Waals surface area (Å²) in [6.45, 7) is 0. The van der Waals surface area contributed by atoms with Gasteiger partial charge in [-0.1, -0.05) is 0 Å². The summed E-state index contributed by atoms with van der Waals surface area (Å²) in [4.78, 5) is 30.0. The predicted octanol–water partition coefficient (Wildman–Crippen LogP) is -8.63. The first-order chi connectivity index (χ1) is 5.78. The number of carboxylic acids is 3. The van der Waals surface area contributed by atoms with E-state index in [9.17, 15) is 29.7 Å². The van der Waals surface area contributed by atoms with Gasteiger partial charge in [0.1, 0.15) is 5.60 Å². The van der Waals surface area contributed by atoms with E-state index in [0.717, 1.165) is 0 Å². The van der Waals surface area contributed by atoms with Crippen LogP contribution in [-0.2, 0) is 14.4 Å². The van der Waals surface area contributed by atoms with E-state index >= 15 is 0 Å². The van der Waals surface area contributed by atoms with Gasteiger partial charge in [0.15, 0.2) is 0 Å². The Bertz CT molecular complexity index is 238. The van der Waals surface area contributed by atoms with Crippen molar-refractivity contribution in [3.05, 3.63) is 0 Å². The van der Waals surface area contributed by atoms with Crippen molar-refractivity contribution >= 4 is 41.8 Å². The van der Waals surface area contributed by atoms with E-state index in [2.05, 4.69) is 0 Å². The van der Waals surface area contributed by atoms with Gasteiger partial charge in [0.05, 0.1) is 5.97 Å². The molecule has 0 saturated heterocycles. The molecule has 0 atom stereocenters. The number of carboxylic acid groups (broad SMARTS) is 3. The van der Waals surface area contributed by atoms with Crippen molar-refractivity contribution in [2.24, 2.45) is 0 Å². The standard InChI is InChI=1S/C6H8O7.Na.Sn/c7-3(8)1-6(13,5(11)12)2-4(9)10;;/h13H,1-2H2,(H,7,8)(H,9,10)(H,11,12);;/q;+1;+4/p-3. The molecule has 0 rings (SSSR count). The minimum Gasteiger partial charge on any atom is -0.550 e. The van der Waals surface area contributed by atoms with Crippen molar-refractivity contribution in [3.63, 3.8) is 0 Å². The van der Waals surface area contributed by atoms with Gasteiger partial charge in [0.2, 0.25) is 0 Å². The summed E-state index contributed by atoms with van der Waals surface area (Å²) >= 11 is 0. The second-order valence-electron chi connectivity index (χ2n) is 2.42. The fraction of sp³-hybridized carbons (Fsp3) is 0.500. The number of carbonyl (C=O) groups is 3. The Kier molecular flexibility index (Phi) is 11.4. The largest absolute Gasteiger partial charge is 4.00 e. The Balaban J connectivity index is -0.000000720. The Morgan fingerprint density at radius 3 is 1.40 bits per heavy atom. The van der Waals surface area contributed by atoms with Crippen LogP contribution in [0, 0.1) is 0 Å². The van der Waals surface area contributed by atoms with E-state index in [1.165, 1.54) is 0 Å². The molecule has 0 heterocycles. The van der Waals surface area contributed by atoms with Crippen LogP contribution in [0.15, 0.2) is 0 Å². The molecule has 0 aromatic rings. The van der Waals surface area contributed by atoms with Gasteiger partial charge in [0, 0.05) is 24.8 Å². The summed E-state index contributed by atoms with van der Waals surface area (Å²) in [6.07, 6.45) is -2.72. The Labute approximate surface area is 124 Å². The fourth-order valence-electron chi connectivity index (χ4n) is 0.684. The Morgan fingerprint density at radius 2 is 1.27 bits per heavy atom. The van der Waals surface area contributed by atoms with Crippen molar-refractivity contribution in [2.45, 2.75) is 18.4 Å². The average molecular weight is 331 g/mol. The molecule has 0 aliphatic carbocycles. The summed E-state index contributed by atoms with van der Waals surface area (Å²) in [6, 6.07) is 0. The quantitative estimate of drug-likeness (QED) is 0.493. The molecule has 1 N–H and O–H groups in total. The normalized spacial score (nSPS) is 9.40. The number of aliphatic hydroxyl groups is 1. The first-order valence-electron chi connectivity index (χ1n) is 3.11. The number of hydrogen-bond donors (Lipinski definition) is 1. The third-order valence-corrected chi connectivity index (χ3v) is 1.25. The molecule has 15 heavy (non-hydrogen) atoms. The molecule has 0 amide bonds. The molecular weight excluding hydrogens is 326 g/mol. The molecule has 0 bridgehead atoms. The third kappa shape index (κ3) is 8.03. The summed E-state index contributed by atoms with van der Waals surface area (Å²) < 4.78 is 0.